The fourth-order valence-electron chi connectivity index (χ4n) is 3.89. The molecule has 6 aromatic rings. The van der Waals surface area contributed by atoms with Crippen LogP contribution in [0, 0.1) is 0 Å². The molecule has 11 heteroatoms. The highest BCUT2D eigenvalue weighted by Gasteiger charge is 1.99. The molecule has 0 amide bonds. The summed E-state index contributed by atoms with van der Waals surface area (Å²) in [4.78, 5) is 12.9. The van der Waals surface area contributed by atoms with E-state index in [-0.39, 0.29) is 0 Å². The third-order valence-electron chi connectivity index (χ3n) is 5.85. The Kier molecular flexibility index (Phi) is 16.7. The summed E-state index contributed by atoms with van der Waals surface area (Å²) in [5.74, 6) is 1.77. The van der Waals surface area contributed by atoms with Crippen LogP contribution in [-0.2, 0) is 0 Å². The number of nitrogens with zero attached hydrogens (tertiary/aromatic N) is 3. The first-order valence-electron chi connectivity index (χ1n) is 14.4. The number of hydrogen-bond donors (Lipinski definition) is 5. The molecule has 0 radical (unpaired) electrons. The molecule has 3 aromatic carbocycles. The highest BCUT2D eigenvalue weighted by atomic mass is 35.5. The number of fused-ring (bicyclic) bond motifs is 3. The van der Waals surface area contributed by atoms with Crippen molar-refractivity contribution in [2.45, 2.75) is 13.8 Å². The predicted molar refractivity (Wildman–Crippen MR) is 198 cm³/mol. The molecule has 0 spiro atoms. The summed E-state index contributed by atoms with van der Waals surface area (Å²) in [7, 11) is 5.23. The van der Waals surface area contributed by atoms with Gasteiger partial charge in [-0.25, -0.2) is 15.0 Å². The average Bonchev–Trinajstić information content (AvgIpc) is 3.06. The molecule has 0 fully saturated rings. The van der Waals surface area contributed by atoms with E-state index < -0.39 is 0 Å². The van der Waals surface area contributed by atoms with E-state index in [1.54, 1.807) is 12.1 Å². The van der Waals surface area contributed by atoms with Gasteiger partial charge in [-0.05, 0) is 112 Å². The summed E-state index contributed by atoms with van der Waals surface area (Å²) in [6.45, 7) is 5.68. The largest absolute Gasteiger partial charge is 0.385 e. The van der Waals surface area contributed by atoms with Gasteiger partial charge < -0.3 is 27.4 Å². The summed E-state index contributed by atoms with van der Waals surface area (Å²) < 4.78 is 0. The van der Waals surface area contributed by atoms with Crippen LogP contribution in [0.4, 0.5) is 17.3 Å². The summed E-state index contributed by atoms with van der Waals surface area (Å²) in [5.41, 5.74) is 13.3. The lowest BCUT2D eigenvalue weighted by Crippen LogP contribution is -1.96. The molecular formula is C34H41Cl3N8. The molecule has 238 valence electrons. The first kappa shape index (κ1) is 37.3. The van der Waals surface area contributed by atoms with Gasteiger partial charge in [-0.1, -0.05) is 41.7 Å². The van der Waals surface area contributed by atoms with Crippen LogP contribution in [0.15, 0.2) is 91.0 Å². The second-order valence-corrected chi connectivity index (χ2v) is 10.3. The van der Waals surface area contributed by atoms with E-state index in [0.717, 1.165) is 68.1 Å². The van der Waals surface area contributed by atoms with Crippen molar-refractivity contribution in [2.75, 3.05) is 50.2 Å². The number of pyridine rings is 3. The molecule has 0 aliphatic rings. The Labute approximate surface area is 280 Å². The SMILES string of the molecule is CCN.CCNc1ccc2nc(NC)ccc2c1.CN.CNc1ccc2cc(Cl)ccc2n1.Clc1ccc2nc(Cl)ccc2c1. The number of anilines is 3. The van der Waals surface area contributed by atoms with Gasteiger partial charge in [0, 0.05) is 52.5 Å². The maximum atomic E-state index is 5.85. The second kappa shape index (κ2) is 20.2. The molecule has 3 aromatic heterocycles. The van der Waals surface area contributed by atoms with Crippen LogP contribution < -0.4 is 27.4 Å². The molecule has 0 aliphatic heterocycles. The lowest BCUT2D eigenvalue weighted by Gasteiger charge is -2.05. The topological polar surface area (TPSA) is 127 Å². The van der Waals surface area contributed by atoms with Crippen molar-refractivity contribution in [3.63, 3.8) is 0 Å². The van der Waals surface area contributed by atoms with Gasteiger partial charge in [0.2, 0.25) is 0 Å². The number of halogens is 3. The van der Waals surface area contributed by atoms with E-state index in [2.05, 4.69) is 61.8 Å². The van der Waals surface area contributed by atoms with Crippen molar-refractivity contribution in [3.8, 4) is 0 Å². The van der Waals surface area contributed by atoms with Crippen molar-refractivity contribution in [1.82, 2.24) is 15.0 Å². The third kappa shape index (κ3) is 12.2. The van der Waals surface area contributed by atoms with E-state index in [1.165, 1.54) is 7.05 Å². The second-order valence-electron chi connectivity index (χ2n) is 9.05. The van der Waals surface area contributed by atoms with Gasteiger partial charge in [-0.2, -0.15) is 0 Å². The summed E-state index contributed by atoms with van der Waals surface area (Å²) in [5, 5.41) is 14.5. The number of benzene rings is 3. The van der Waals surface area contributed by atoms with Crippen molar-refractivity contribution in [3.05, 3.63) is 106 Å². The van der Waals surface area contributed by atoms with E-state index >= 15 is 0 Å². The molecule has 0 bridgehead atoms. The Morgan fingerprint density at radius 3 is 1.47 bits per heavy atom. The van der Waals surface area contributed by atoms with Crippen LogP contribution in [-0.4, -0.2) is 49.2 Å². The Morgan fingerprint density at radius 2 is 1.00 bits per heavy atom. The van der Waals surface area contributed by atoms with Crippen LogP contribution in [0.1, 0.15) is 13.8 Å². The molecule has 45 heavy (non-hydrogen) atoms. The van der Waals surface area contributed by atoms with Gasteiger partial charge in [-0.15, -0.1) is 0 Å². The predicted octanol–water partition coefficient (Wildman–Crippen LogP) is 8.72. The first-order valence-corrected chi connectivity index (χ1v) is 15.5. The van der Waals surface area contributed by atoms with Gasteiger partial charge in [0.15, 0.2) is 0 Å². The number of aromatic nitrogens is 3. The molecule has 0 unspecified atom stereocenters. The molecule has 7 N–H and O–H groups in total. The van der Waals surface area contributed by atoms with E-state index in [9.17, 15) is 0 Å². The summed E-state index contributed by atoms with van der Waals surface area (Å²) in [6, 6.07) is 29.0. The lowest BCUT2D eigenvalue weighted by atomic mass is 10.2. The molecule has 0 saturated carbocycles. The average molecular weight is 668 g/mol. The van der Waals surface area contributed by atoms with Gasteiger partial charge in [0.1, 0.15) is 16.8 Å². The summed E-state index contributed by atoms with van der Waals surface area (Å²) >= 11 is 17.4. The van der Waals surface area contributed by atoms with Crippen LogP contribution in [0.3, 0.4) is 0 Å². The summed E-state index contributed by atoms with van der Waals surface area (Å²) in [6.07, 6.45) is 0. The van der Waals surface area contributed by atoms with Crippen LogP contribution in [0.2, 0.25) is 15.2 Å². The quantitative estimate of drug-likeness (QED) is 0.118. The fraction of sp³-hybridized carbons (Fsp3) is 0.206. The van der Waals surface area contributed by atoms with E-state index in [0.29, 0.717) is 10.2 Å². The van der Waals surface area contributed by atoms with Gasteiger partial charge in [0.05, 0.1) is 16.6 Å². The highest BCUT2D eigenvalue weighted by molar-refractivity contribution is 6.32. The minimum Gasteiger partial charge on any atom is -0.385 e. The maximum absolute atomic E-state index is 5.85. The third-order valence-corrected chi connectivity index (χ3v) is 6.53. The van der Waals surface area contributed by atoms with Crippen molar-refractivity contribution >= 4 is 84.8 Å². The molecule has 0 saturated heterocycles. The maximum Gasteiger partial charge on any atom is 0.129 e. The molecule has 8 nitrogen and oxygen atoms in total. The molecule has 0 atom stereocenters. The van der Waals surface area contributed by atoms with Gasteiger partial charge in [-0.3, -0.25) is 0 Å². The Balaban J connectivity index is 0.000000220. The lowest BCUT2D eigenvalue weighted by molar-refractivity contribution is 1.14. The van der Waals surface area contributed by atoms with Crippen LogP contribution in [0.5, 0.6) is 0 Å². The number of rotatable bonds is 4. The first-order chi connectivity index (χ1) is 21.8. The zero-order valence-corrected chi connectivity index (χ0v) is 28.5. The Morgan fingerprint density at radius 1 is 0.578 bits per heavy atom. The fourth-order valence-corrected chi connectivity index (χ4v) is 4.40. The normalized spacial score (nSPS) is 9.73. The minimum atomic E-state index is 0.504. The van der Waals surface area contributed by atoms with Crippen molar-refractivity contribution in [1.29, 1.82) is 0 Å². The van der Waals surface area contributed by atoms with Gasteiger partial charge in [0.25, 0.3) is 0 Å². The highest BCUT2D eigenvalue weighted by Crippen LogP contribution is 2.21. The zero-order chi connectivity index (χ0) is 33.2. The van der Waals surface area contributed by atoms with E-state index in [4.69, 9.17) is 40.5 Å². The Bertz CT molecular complexity index is 1720. The number of hydrogen-bond acceptors (Lipinski definition) is 8. The van der Waals surface area contributed by atoms with E-state index in [1.807, 2.05) is 81.7 Å². The van der Waals surface area contributed by atoms with Gasteiger partial charge >= 0.3 is 0 Å². The molecule has 3 heterocycles. The monoisotopic (exact) mass is 666 g/mol. The smallest absolute Gasteiger partial charge is 0.129 e. The molecule has 6 rings (SSSR count). The number of nitrogens with one attached hydrogen (secondary N) is 3. The number of nitrogens with two attached hydrogens (primary N) is 2. The molecule has 0 aliphatic carbocycles. The van der Waals surface area contributed by atoms with Crippen LogP contribution in [0.25, 0.3) is 32.7 Å². The minimum absolute atomic E-state index is 0.504. The van der Waals surface area contributed by atoms with Crippen LogP contribution >= 0.6 is 34.8 Å². The van der Waals surface area contributed by atoms with Crippen molar-refractivity contribution in [2.24, 2.45) is 11.5 Å². The zero-order valence-electron chi connectivity index (χ0n) is 26.2. The molecular weight excluding hydrogens is 627 g/mol. The van der Waals surface area contributed by atoms with Crippen molar-refractivity contribution < 1.29 is 0 Å². The standard InChI is InChI=1S/C12H15N3.C10H9ClN2.C9H5Cl2N.C2H7N.CH5N/c1-3-14-10-5-6-11-9(8-10)4-7-12(13-2)15-11;1-12-10-5-2-7-6-8(11)3-4-9(7)13-10;10-7-2-3-8-6(5-7)1-4-9(11)12-8;1-2-3;1-2/h4-8,14H,3H2,1-2H3,(H,13,15);2-6H,1H3,(H,12,13);1-5H;2-3H2,1H3;2H2,1H3. The Hall–Kier alpha value is -3.92.